The standard InChI is InChI=1S/C38H23N3/c1-2-12-24(13-3-1)36-30-18-6-9-19-33(30)39-38(40-36)29-17-5-4-14-26(29)25-22-31-27-15-7-10-20-34(27)41-35-21-11-8-16-28(35)32(23-25)37(31)41/h1-23H. The van der Waals surface area contributed by atoms with E-state index in [0.29, 0.717) is 0 Å². The van der Waals surface area contributed by atoms with Crippen molar-refractivity contribution >= 4 is 49.0 Å². The molecule has 190 valence electrons. The Morgan fingerprint density at radius 1 is 0.415 bits per heavy atom. The second-order valence-electron chi connectivity index (χ2n) is 10.6. The normalized spacial score (nSPS) is 11.9. The number of hydrogen-bond donors (Lipinski definition) is 0. The van der Waals surface area contributed by atoms with Crippen LogP contribution in [0.5, 0.6) is 0 Å². The minimum Gasteiger partial charge on any atom is -0.308 e. The zero-order valence-corrected chi connectivity index (χ0v) is 22.1. The van der Waals surface area contributed by atoms with Gasteiger partial charge in [-0.15, -0.1) is 0 Å². The molecule has 0 saturated heterocycles. The zero-order chi connectivity index (χ0) is 26.9. The van der Waals surface area contributed by atoms with Gasteiger partial charge in [0, 0.05) is 38.1 Å². The number of para-hydroxylation sites is 3. The quantitative estimate of drug-likeness (QED) is 0.232. The maximum atomic E-state index is 5.20. The average molecular weight is 522 g/mol. The summed E-state index contributed by atoms with van der Waals surface area (Å²) in [5, 5.41) is 6.13. The van der Waals surface area contributed by atoms with Crippen LogP contribution in [0.15, 0.2) is 140 Å². The summed E-state index contributed by atoms with van der Waals surface area (Å²) in [5.74, 6) is 0.734. The molecule has 41 heavy (non-hydrogen) atoms. The third-order valence-electron chi connectivity index (χ3n) is 8.33. The highest BCUT2D eigenvalue weighted by Gasteiger charge is 2.20. The molecular formula is C38H23N3. The van der Waals surface area contributed by atoms with Gasteiger partial charge < -0.3 is 4.40 Å². The number of benzene rings is 6. The molecule has 6 aromatic carbocycles. The lowest BCUT2D eigenvalue weighted by Crippen LogP contribution is -1.96. The van der Waals surface area contributed by atoms with Gasteiger partial charge in [-0.25, -0.2) is 9.97 Å². The van der Waals surface area contributed by atoms with Crippen molar-refractivity contribution in [3.8, 4) is 33.8 Å². The maximum Gasteiger partial charge on any atom is 0.161 e. The first kappa shape index (κ1) is 22.3. The Balaban J connectivity index is 1.35. The predicted molar refractivity (Wildman–Crippen MR) is 171 cm³/mol. The SMILES string of the molecule is c1ccc(-c2nc(-c3ccccc3-c3cc4c5ccccc5n5c6ccccc6c(c3)c45)nc3ccccc23)cc1. The molecule has 0 aliphatic heterocycles. The van der Waals surface area contributed by atoms with E-state index in [0.717, 1.165) is 39.1 Å². The Morgan fingerprint density at radius 3 is 1.68 bits per heavy atom. The number of fused-ring (bicyclic) bond motifs is 7. The third-order valence-corrected chi connectivity index (χ3v) is 8.33. The molecule has 0 unspecified atom stereocenters. The summed E-state index contributed by atoms with van der Waals surface area (Å²) in [6.45, 7) is 0. The van der Waals surface area contributed by atoms with Crippen LogP contribution in [0.4, 0.5) is 0 Å². The highest BCUT2D eigenvalue weighted by Crippen LogP contribution is 2.43. The van der Waals surface area contributed by atoms with Crippen LogP contribution in [0.2, 0.25) is 0 Å². The van der Waals surface area contributed by atoms with E-state index in [1.165, 1.54) is 43.7 Å². The monoisotopic (exact) mass is 521 g/mol. The fourth-order valence-electron chi connectivity index (χ4n) is 6.55. The third kappa shape index (κ3) is 3.20. The van der Waals surface area contributed by atoms with Crippen LogP contribution in [0, 0.1) is 0 Å². The highest BCUT2D eigenvalue weighted by atomic mass is 14.9. The lowest BCUT2D eigenvalue weighted by molar-refractivity contribution is 1.23. The van der Waals surface area contributed by atoms with Gasteiger partial charge in [0.1, 0.15) is 0 Å². The summed E-state index contributed by atoms with van der Waals surface area (Å²) in [6, 6.07) is 49.4. The lowest BCUT2D eigenvalue weighted by Gasteiger charge is -2.13. The molecule has 0 spiro atoms. The van der Waals surface area contributed by atoms with E-state index >= 15 is 0 Å². The second kappa shape index (κ2) is 8.48. The smallest absolute Gasteiger partial charge is 0.161 e. The summed E-state index contributed by atoms with van der Waals surface area (Å²) >= 11 is 0. The topological polar surface area (TPSA) is 30.2 Å². The first-order valence-electron chi connectivity index (χ1n) is 13.9. The predicted octanol–water partition coefficient (Wildman–Crippen LogP) is 9.78. The number of aromatic nitrogens is 3. The van der Waals surface area contributed by atoms with E-state index in [1.807, 2.05) is 12.1 Å². The van der Waals surface area contributed by atoms with Crippen LogP contribution in [0.3, 0.4) is 0 Å². The van der Waals surface area contributed by atoms with E-state index < -0.39 is 0 Å². The second-order valence-corrected chi connectivity index (χ2v) is 10.6. The molecule has 3 heteroatoms. The van der Waals surface area contributed by atoms with Gasteiger partial charge in [0.25, 0.3) is 0 Å². The average Bonchev–Trinajstić information content (AvgIpc) is 3.56. The zero-order valence-electron chi connectivity index (χ0n) is 22.1. The van der Waals surface area contributed by atoms with E-state index in [-0.39, 0.29) is 0 Å². The van der Waals surface area contributed by atoms with Gasteiger partial charge >= 0.3 is 0 Å². The lowest BCUT2D eigenvalue weighted by atomic mass is 9.95. The van der Waals surface area contributed by atoms with E-state index in [2.05, 4.69) is 132 Å². The van der Waals surface area contributed by atoms with Gasteiger partial charge in [0.2, 0.25) is 0 Å². The summed E-state index contributed by atoms with van der Waals surface area (Å²) in [7, 11) is 0. The summed E-state index contributed by atoms with van der Waals surface area (Å²) in [5.41, 5.74) is 10.1. The minimum atomic E-state index is 0.734. The van der Waals surface area contributed by atoms with E-state index in [9.17, 15) is 0 Å². The largest absolute Gasteiger partial charge is 0.308 e. The van der Waals surface area contributed by atoms with Crippen molar-refractivity contribution in [2.75, 3.05) is 0 Å². The minimum absolute atomic E-state index is 0.734. The van der Waals surface area contributed by atoms with Crippen molar-refractivity contribution in [2.45, 2.75) is 0 Å². The molecule has 0 aliphatic carbocycles. The van der Waals surface area contributed by atoms with Gasteiger partial charge in [-0.05, 0) is 41.5 Å². The molecule has 0 fully saturated rings. The van der Waals surface area contributed by atoms with Crippen LogP contribution >= 0.6 is 0 Å². The van der Waals surface area contributed by atoms with Gasteiger partial charge in [-0.2, -0.15) is 0 Å². The van der Waals surface area contributed by atoms with Crippen LogP contribution in [-0.2, 0) is 0 Å². The number of rotatable bonds is 3. The van der Waals surface area contributed by atoms with Crippen LogP contribution in [-0.4, -0.2) is 14.4 Å². The van der Waals surface area contributed by atoms with Crippen LogP contribution < -0.4 is 0 Å². The van der Waals surface area contributed by atoms with Crippen molar-refractivity contribution < 1.29 is 0 Å². The number of hydrogen-bond acceptors (Lipinski definition) is 2. The molecule has 3 heterocycles. The first-order valence-corrected chi connectivity index (χ1v) is 13.9. The van der Waals surface area contributed by atoms with Crippen molar-refractivity contribution in [1.29, 1.82) is 0 Å². The Labute approximate surface area is 236 Å². The molecule has 9 aromatic rings. The Morgan fingerprint density at radius 2 is 0.976 bits per heavy atom. The molecule has 3 aromatic heterocycles. The van der Waals surface area contributed by atoms with Crippen molar-refractivity contribution in [3.05, 3.63) is 140 Å². The molecule has 0 saturated carbocycles. The van der Waals surface area contributed by atoms with Crippen LogP contribution in [0.25, 0.3) is 82.8 Å². The molecule has 0 amide bonds. The summed E-state index contributed by atoms with van der Waals surface area (Å²) in [4.78, 5) is 10.3. The Kier molecular flexibility index (Phi) is 4.61. The molecule has 0 radical (unpaired) electrons. The van der Waals surface area contributed by atoms with Gasteiger partial charge in [-0.3, -0.25) is 0 Å². The van der Waals surface area contributed by atoms with Gasteiger partial charge in [-0.1, -0.05) is 109 Å². The van der Waals surface area contributed by atoms with Crippen molar-refractivity contribution in [1.82, 2.24) is 14.4 Å². The highest BCUT2D eigenvalue weighted by molar-refractivity contribution is 6.24. The molecule has 0 aliphatic rings. The fraction of sp³-hybridized carbons (Fsp3) is 0. The number of nitrogens with zero attached hydrogens (tertiary/aromatic N) is 3. The Hall–Kier alpha value is -5.54. The molecule has 0 bridgehead atoms. The molecule has 0 atom stereocenters. The van der Waals surface area contributed by atoms with E-state index in [4.69, 9.17) is 9.97 Å². The van der Waals surface area contributed by atoms with Gasteiger partial charge in [0.05, 0.1) is 27.8 Å². The van der Waals surface area contributed by atoms with Gasteiger partial charge in [0.15, 0.2) is 5.82 Å². The molecule has 0 N–H and O–H groups in total. The Bertz CT molecular complexity index is 2330. The summed E-state index contributed by atoms with van der Waals surface area (Å²) < 4.78 is 2.42. The molecular weight excluding hydrogens is 498 g/mol. The first-order chi connectivity index (χ1) is 20.3. The molecule has 3 nitrogen and oxygen atoms in total. The fourth-order valence-corrected chi connectivity index (χ4v) is 6.55. The van der Waals surface area contributed by atoms with E-state index in [1.54, 1.807) is 0 Å². The van der Waals surface area contributed by atoms with Crippen molar-refractivity contribution in [3.63, 3.8) is 0 Å². The summed E-state index contributed by atoms with van der Waals surface area (Å²) in [6.07, 6.45) is 0. The maximum absolute atomic E-state index is 5.20. The van der Waals surface area contributed by atoms with Crippen molar-refractivity contribution in [2.24, 2.45) is 0 Å². The van der Waals surface area contributed by atoms with Crippen LogP contribution in [0.1, 0.15) is 0 Å². The molecule has 9 rings (SSSR count).